The Morgan fingerprint density at radius 2 is 2.18 bits per heavy atom. The number of hydrogen-bond donors (Lipinski definition) is 2. The molecule has 4 heterocycles. The molecular formula is C21H29ClN7O4+. The Bertz CT molecular complexity index is 1190. The van der Waals surface area contributed by atoms with Gasteiger partial charge in [0.15, 0.2) is 28.2 Å². The number of anilines is 1. The summed E-state index contributed by atoms with van der Waals surface area (Å²) in [6, 6.07) is -0.0362. The van der Waals surface area contributed by atoms with Gasteiger partial charge in [0.05, 0.1) is 19.3 Å². The molecule has 1 fully saturated rings. The van der Waals surface area contributed by atoms with Crippen molar-refractivity contribution in [3.63, 3.8) is 0 Å². The van der Waals surface area contributed by atoms with Gasteiger partial charge in [0, 0.05) is 25.8 Å². The Kier molecular flexibility index (Phi) is 5.95. The van der Waals surface area contributed by atoms with Crippen molar-refractivity contribution in [2.75, 3.05) is 18.9 Å². The van der Waals surface area contributed by atoms with Gasteiger partial charge in [-0.2, -0.15) is 4.79 Å². The van der Waals surface area contributed by atoms with Crippen LogP contribution in [0.25, 0.3) is 22.6 Å². The van der Waals surface area contributed by atoms with Crippen molar-refractivity contribution in [3.05, 3.63) is 11.3 Å². The molecule has 0 aliphatic carbocycles. The summed E-state index contributed by atoms with van der Waals surface area (Å²) in [7, 11) is 0. The van der Waals surface area contributed by atoms with Gasteiger partial charge in [-0.1, -0.05) is 11.6 Å². The molecule has 0 saturated carbocycles. The quantitative estimate of drug-likeness (QED) is 0.397. The Balaban J connectivity index is 1.64. The first-order chi connectivity index (χ1) is 15.6. The number of halogens is 1. The fourth-order valence-electron chi connectivity index (χ4n) is 5.10. The number of amides is 1. The molecule has 0 radical (unpaired) electrons. The molecule has 3 N–H and O–H groups in total. The maximum absolute atomic E-state index is 12.3. The van der Waals surface area contributed by atoms with Gasteiger partial charge in [0.25, 0.3) is 0 Å². The lowest BCUT2D eigenvalue weighted by Gasteiger charge is -2.44. The van der Waals surface area contributed by atoms with E-state index in [1.807, 2.05) is 32.3 Å². The van der Waals surface area contributed by atoms with Gasteiger partial charge in [0.2, 0.25) is 0 Å². The predicted octanol–water partition coefficient (Wildman–Crippen LogP) is 3.96. The normalized spacial score (nSPS) is 21.1. The van der Waals surface area contributed by atoms with Crippen LogP contribution in [0, 0.1) is 0 Å². The number of nitrogens with zero attached hydrogens (tertiary/aromatic N) is 6. The number of aryl methyl sites for hydroxylation is 1. The van der Waals surface area contributed by atoms with Gasteiger partial charge in [-0.15, -0.1) is 0 Å². The summed E-state index contributed by atoms with van der Waals surface area (Å²) >= 11 is 6.33. The number of aromatic nitrogens is 5. The maximum Gasteiger partial charge on any atom is 0.514 e. The number of nitrogens with two attached hydrogens (primary N) is 1. The average Bonchev–Trinajstić information content (AvgIpc) is 3.45. The summed E-state index contributed by atoms with van der Waals surface area (Å²) in [6.45, 7) is 9.41. The monoisotopic (exact) mass is 478 g/mol. The van der Waals surface area contributed by atoms with E-state index in [9.17, 15) is 9.90 Å². The minimum absolute atomic E-state index is 0.0362. The van der Waals surface area contributed by atoms with Crippen LogP contribution in [0.15, 0.2) is 10.8 Å². The van der Waals surface area contributed by atoms with Gasteiger partial charge >= 0.3 is 6.09 Å². The Hall–Kier alpha value is -2.92. The summed E-state index contributed by atoms with van der Waals surface area (Å²) in [4.78, 5) is 21.1. The maximum atomic E-state index is 12.3. The zero-order valence-corrected chi connectivity index (χ0v) is 20.0. The number of hydrogen-bond acceptors (Lipinski definition) is 8. The number of carboxylic acid groups (broad SMARTS) is 1. The van der Waals surface area contributed by atoms with Gasteiger partial charge < -0.3 is 20.1 Å². The van der Waals surface area contributed by atoms with E-state index < -0.39 is 11.6 Å². The highest BCUT2D eigenvalue weighted by molar-refractivity contribution is 6.34. The molecule has 12 heteroatoms. The fraction of sp³-hybridized carbons (Fsp3) is 0.571. The summed E-state index contributed by atoms with van der Waals surface area (Å²) in [6.07, 6.45) is 3.09. The van der Waals surface area contributed by atoms with Crippen LogP contribution in [0.4, 0.5) is 10.6 Å². The highest BCUT2D eigenvalue weighted by Gasteiger charge is 2.56. The molecular weight excluding hydrogens is 450 g/mol. The number of pyridine rings is 1. The fourth-order valence-corrected chi connectivity index (χ4v) is 5.28. The zero-order chi connectivity index (χ0) is 24.0. The molecule has 33 heavy (non-hydrogen) atoms. The van der Waals surface area contributed by atoms with E-state index in [0.29, 0.717) is 54.4 Å². The molecule has 0 aromatic carbocycles. The standard InChI is InChI=1S/C21H28ClN7O4/c1-5-28-16-13(11-24-17(22)14(16)25-19(28)15-18(23)27-33-26-15)32-10-8-12-7-6-9-29(12,20(30)31)21(2,3)4/h11-12H,5-10H2,1-4H3,(H2-,23,27,30,31)/p+1/t12-,29?/m0/s1. The van der Waals surface area contributed by atoms with E-state index in [1.54, 1.807) is 6.20 Å². The van der Waals surface area contributed by atoms with Crippen molar-refractivity contribution in [3.8, 4) is 17.3 Å². The Labute approximate surface area is 196 Å². The number of quaternary nitrogens is 1. The number of rotatable bonds is 6. The molecule has 3 aromatic heterocycles. The van der Waals surface area contributed by atoms with Crippen molar-refractivity contribution in [2.45, 2.75) is 65.1 Å². The number of likely N-dealkylation sites (tertiary alicyclic amines) is 1. The van der Waals surface area contributed by atoms with E-state index in [0.717, 1.165) is 12.8 Å². The van der Waals surface area contributed by atoms with Gasteiger partial charge in [-0.25, -0.2) is 19.1 Å². The van der Waals surface area contributed by atoms with Crippen LogP contribution >= 0.6 is 11.6 Å². The number of ether oxygens (including phenoxy) is 1. The van der Waals surface area contributed by atoms with Crippen LogP contribution in [-0.4, -0.2) is 65.3 Å². The lowest BCUT2D eigenvalue weighted by molar-refractivity contribution is -0.914. The molecule has 1 aliphatic heterocycles. The first-order valence-corrected chi connectivity index (χ1v) is 11.4. The van der Waals surface area contributed by atoms with Crippen LogP contribution in [0.1, 0.15) is 47.0 Å². The molecule has 1 aliphatic rings. The van der Waals surface area contributed by atoms with Crippen molar-refractivity contribution < 1.29 is 23.7 Å². The number of imidazole rings is 1. The second kappa shape index (κ2) is 8.45. The molecule has 4 rings (SSSR count). The van der Waals surface area contributed by atoms with Gasteiger partial charge in [-0.3, -0.25) is 0 Å². The summed E-state index contributed by atoms with van der Waals surface area (Å²) in [5, 5.41) is 17.8. The summed E-state index contributed by atoms with van der Waals surface area (Å²) in [5.41, 5.74) is 6.90. The third-order valence-electron chi connectivity index (χ3n) is 6.65. The minimum Gasteiger partial charge on any atom is -0.489 e. The first-order valence-electron chi connectivity index (χ1n) is 11.0. The molecule has 1 saturated heterocycles. The number of carbonyl (C=O) groups is 1. The molecule has 0 spiro atoms. The van der Waals surface area contributed by atoms with E-state index >= 15 is 0 Å². The van der Waals surface area contributed by atoms with Crippen LogP contribution in [0.5, 0.6) is 5.75 Å². The number of fused-ring (bicyclic) bond motifs is 1. The van der Waals surface area contributed by atoms with Crippen molar-refractivity contribution in [1.29, 1.82) is 0 Å². The molecule has 1 unspecified atom stereocenters. The molecule has 1 amide bonds. The second-order valence-corrected chi connectivity index (χ2v) is 9.63. The van der Waals surface area contributed by atoms with E-state index in [-0.39, 0.29) is 21.5 Å². The Morgan fingerprint density at radius 3 is 2.79 bits per heavy atom. The average molecular weight is 479 g/mol. The van der Waals surface area contributed by atoms with Crippen LogP contribution in [0.2, 0.25) is 5.15 Å². The van der Waals surface area contributed by atoms with E-state index in [4.69, 9.17) is 26.7 Å². The third kappa shape index (κ3) is 3.68. The largest absolute Gasteiger partial charge is 0.514 e. The second-order valence-electron chi connectivity index (χ2n) is 9.27. The molecule has 11 nitrogen and oxygen atoms in total. The molecule has 178 valence electrons. The highest BCUT2D eigenvalue weighted by atomic mass is 35.5. The van der Waals surface area contributed by atoms with Crippen molar-refractivity contribution in [2.24, 2.45) is 0 Å². The molecule has 0 bridgehead atoms. The zero-order valence-electron chi connectivity index (χ0n) is 19.2. The van der Waals surface area contributed by atoms with Gasteiger partial charge in [-0.05, 0) is 38.0 Å². The summed E-state index contributed by atoms with van der Waals surface area (Å²) < 4.78 is 12.8. The minimum atomic E-state index is -0.784. The summed E-state index contributed by atoms with van der Waals surface area (Å²) in [5.74, 6) is 1.08. The SMILES string of the molecule is CCn1c(-c2nonc2N)nc2c(Cl)ncc(OCC[C@@H]3CCC[N+]3(C(=O)O)C(C)(C)C)c21. The third-order valence-corrected chi connectivity index (χ3v) is 6.93. The van der Waals surface area contributed by atoms with Crippen LogP contribution in [0.3, 0.4) is 0 Å². The van der Waals surface area contributed by atoms with Crippen molar-refractivity contribution >= 4 is 34.5 Å². The molecule has 2 atom stereocenters. The van der Waals surface area contributed by atoms with Gasteiger partial charge in [0.1, 0.15) is 22.6 Å². The topological polar surface area (TPSA) is 142 Å². The van der Waals surface area contributed by atoms with Crippen LogP contribution in [-0.2, 0) is 6.54 Å². The highest BCUT2D eigenvalue weighted by Crippen LogP contribution is 2.39. The van der Waals surface area contributed by atoms with Crippen LogP contribution < -0.4 is 10.5 Å². The first kappa shape index (κ1) is 23.2. The van der Waals surface area contributed by atoms with Crippen molar-refractivity contribution in [1.82, 2.24) is 24.8 Å². The predicted molar refractivity (Wildman–Crippen MR) is 122 cm³/mol. The lowest BCUT2D eigenvalue weighted by atomic mass is 9.98. The smallest absolute Gasteiger partial charge is 0.489 e. The van der Waals surface area contributed by atoms with E-state index in [2.05, 4.69) is 20.3 Å². The lowest BCUT2D eigenvalue weighted by Crippen LogP contribution is -2.65. The Morgan fingerprint density at radius 1 is 1.42 bits per heavy atom. The number of nitrogen functional groups attached to an aromatic ring is 1. The van der Waals surface area contributed by atoms with E-state index in [1.165, 1.54) is 0 Å². The molecule has 3 aromatic rings.